The first-order chi connectivity index (χ1) is 9.97. The van der Waals surface area contributed by atoms with Gasteiger partial charge in [0.2, 0.25) is 0 Å². The Morgan fingerprint density at radius 3 is 2.86 bits per heavy atom. The number of nitrogens with zero attached hydrogens (tertiary/aromatic N) is 1. The van der Waals surface area contributed by atoms with Gasteiger partial charge in [0.05, 0.1) is 6.04 Å². The number of carbonyl (C=O) groups is 2. The molecule has 0 N–H and O–H groups in total. The summed E-state index contributed by atoms with van der Waals surface area (Å²) >= 11 is 0. The van der Waals surface area contributed by atoms with Crippen LogP contribution in [0.15, 0.2) is 24.3 Å². The van der Waals surface area contributed by atoms with Crippen LogP contribution in [-0.4, -0.2) is 22.6 Å². The zero-order chi connectivity index (χ0) is 15.1. The van der Waals surface area contributed by atoms with Crippen molar-refractivity contribution in [2.45, 2.75) is 45.2 Å². The van der Waals surface area contributed by atoms with Crippen LogP contribution in [0.25, 0.3) is 0 Å². The first kappa shape index (κ1) is 14.0. The summed E-state index contributed by atoms with van der Waals surface area (Å²) < 4.78 is 13.5. The second kappa shape index (κ2) is 5.10. The SMILES string of the molecule is C=C1CCC[C@H](N2Cc3c(C)cc(F)cc3C2=O)C(=O)C1. The molecule has 1 aliphatic carbocycles. The largest absolute Gasteiger partial charge is 0.324 e. The first-order valence-corrected chi connectivity index (χ1v) is 7.26. The lowest BCUT2D eigenvalue weighted by molar-refractivity contribution is -0.122. The number of carbonyl (C=O) groups excluding carboxylic acids is 2. The van der Waals surface area contributed by atoms with E-state index >= 15 is 0 Å². The third kappa shape index (κ3) is 2.39. The monoisotopic (exact) mass is 287 g/mol. The Labute approximate surface area is 123 Å². The predicted molar refractivity (Wildman–Crippen MR) is 77.4 cm³/mol. The quantitative estimate of drug-likeness (QED) is 0.588. The smallest absolute Gasteiger partial charge is 0.255 e. The lowest BCUT2D eigenvalue weighted by Gasteiger charge is -2.25. The molecule has 1 aliphatic heterocycles. The van der Waals surface area contributed by atoms with Gasteiger partial charge in [-0.2, -0.15) is 0 Å². The van der Waals surface area contributed by atoms with Gasteiger partial charge in [-0.05, 0) is 49.4 Å². The van der Waals surface area contributed by atoms with Crippen LogP contribution < -0.4 is 0 Å². The Morgan fingerprint density at radius 1 is 1.33 bits per heavy atom. The molecule has 3 rings (SSSR count). The number of fused-ring (bicyclic) bond motifs is 1. The van der Waals surface area contributed by atoms with Gasteiger partial charge in [0.15, 0.2) is 5.78 Å². The highest BCUT2D eigenvalue weighted by Gasteiger charge is 2.37. The van der Waals surface area contributed by atoms with E-state index in [2.05, 4.69) is 6.58 Å². The molecule has 1 aromatic carbocycles. The standard InChI is InChI=1S/C17H18FNO2/c1-10-4-3-5-15(16(20)6-10)19-9-14-11(2)7-12(18)8-13(14)17(19)21/h7-8,15H,1,3-6,9H2,2H3/t15-/m0/s1. The van der Waals surface area contributed by atoms with Gasteiger partial charge in [-0.25, -0.2) is 4.39 Å². The molecule has 110 valence electrons. The third-order valence-corrected chi connectivity index (χ3v) is 4.44. The van der Waals surface area contributed by atoms with E-state index in [1.54, 1.807) is 11.8 Å². The summed E-state index contributed by atoms with van der Waals surface area (Å²) in [7, 11) is 0. The Bertz CT molecular complexity index is 650. The highest BCUT2D eigenvalue weighted by molar-refractivity contribution is 6.02. The minimum atomic E-state index is -0.401. The highest BCUT2D eigenvalue weighted by atomic mass is 19.1. The van der Waals surface area contributed by atoms with Gasteiger partial charge in [0.1, 0.15) is 5.82 Å². The molecule has 1 fully saturated rings. The normalized spacial score (nSPS) is 22.5. The molecule has 0 radical (unpaired) electrons. The van der Waals surface area contributed by atoms with Crippen LogP contribution in [0.5, 0.6) is 0 Å². The number of Topliss-reactive ketones (excluding diaryl/α,β-unsaturated/α-hetero) is 1. The van der Waals surface area contributed by atoms with E-state index in [4.69, 9.17) is 0 Å². The van der Waals surface area contributed by atoms with Crippen LogP contribution in [0.4, 0.5) is 4.39 Å². The molecule has 1 aromatic rings. The summed E-state index contributed by atoms with van der Waals surface area (Å²) in [5.41, 5.74) is 2.96. The molecule has 1 atom stereocenters. The van der Waals surface area contributed by atoms with E-state index < -0.39 is 11.9 Å². The van der Waals surface area contributed by atoms with E-state index in [1.165, 1.54) is 12.1 Å². The van der Waals surface area contributed by atoms with Crippen LogP contribution in [0, 0.1) is 12.7 Å². The summed E-state index contributed by atoms with van der Waals surface area (Å²) in [6.07, 6.45) is 2.71. The molecule has 1 saturated carbocycles. The number of benzene rings is 1. The van der Waals surface area contributed by atoms with Crippen molar-refractivity contribution in [2.24, 2.45) is 0 Å². The molecule has 1 amide bonds. The Hall–Kier alpha value is -1.97. The number of allylic oxidation sites excluding steroid dienone is 1. The molecule has 2 aliphatic rings. The van der Waals surface area contributed by atoms with Crippen molar-refractivity contribution in [3.63, 3.8) is 0 Å². The number of ketones is 1. The molecule has 21 heavy (non-hydrogen) atoms. The van der Waals surface area contributed by atoms with Crippen LogP contribution in [0.3, 0.4) is 0 Å². The van der Waals surface area contributed by atoms with Crippen LogP contribution >= 0.6 is 0 Å². The van der Waals surface area contributed by atoms with E-state index in [0.29, 0.717) is 24.9 Å². The van der Waals surface area contributed by atoms with Gasteiger partial charge in [-0.3, -0.25) is 9.59 Å². The number of rotatable bonds is 1. The molecule has 0 unspecified atom stereocenters. The minimum absolute atomic E-state index is 0.0526. The lowest BCUT2D eigenvalue weighted by atomic mass is 10.0. The number of halogens is 1. The fourth-order valence-electron chi connectivity index (χ4n) is 3.31. The van der Waals surface area contributed by atoms with Crippen molar-refractivity contribution < 1.29 is 14.0 Å². The predicted octanol–water partition coefficient (Wildman–Crippen LogP) is 3.16. The van der Waals surface area contributed by atoms with Crippen molar-refractivity contribution >= 4 is 11.7 Å². The van der Waals surface area contributed by atoms with Gasteiger partial charge in [-0.15, -0.1) is 0 Å². The Balaban J connectivity index is 1.92. The van der Waals surface area contributed by atoms with Crippen molar-refractivity contribution in [3.05, 3.63) is 46.8 Å². The summed E-state index contributed by atoms with van der Waals surface area (Å²) in [6.45, 7) is 6.10. The average Bonchev–Trinajstić information content (AvgIpc) is 2.62. The molecular weight excluding hydrogens is 269 g/mol. The molecule has 0 saturated heterocycles. The van der Waals surface area contributed by atoms with Gasteiger partial charge in [0, 0.05) is 18.5 Å². The molecule has 1 heterocycles. The summed E-state index contributed by atoms with van der Waals surface area (Å²) in [5.74, 6) is -0.572. The maximum absolute atomic E-state index is 13.5. The topological polar surface area (TPSA) is 37.4 Å². The van der Waals surface area contributed by atoms with E-state index in [1.807, 2.05) is 0 Å². The average molecular weight is 287 g/mol. The first-order valence-electron chi connectivity index (χ1n) is 7.26. The van der Waals surface area contributed by atoms with Crippen molar-refractivity contribution in [2.75, 3.05) is 0 Å². The van der Waals surface area contributed by atoms with Crippen molar-refractivity contribution in [1.29, 1.82) is 0 Å². The maximum atomic E-state index is 13.5. The lowest BCUT2D eigenvalue weighted by Crippen LogP contribution is -2.40. The zero-order valence-corrected chi connectivity index (χ0v) is 12.1. The minimum Gasteiger partial charge on any atom is -0.324 e. The molecule has 4 heteroatoms. The molecular formula is C17H18FNO2. The van der Waals surface area contributed by atoms with Gasteiger partial charge >= 0.3 is 0 Å². The van der Waals surface area contributed by atoms with Crippen LogP contribution in [0.1, 0.15) is 47.2 Å². The van der Waals surface area contributed by atoms with E-state index in [9.17, 15) is 14.0 Å². The zero-order valence-electron chi connectivity index (χ0n) is 12.1. The molecule has 0 bridgehead atoms. The van der Waals surface area contributed by atoms with Gasteiger partial charge < -0.3 is 4.90 Å². The number of aryl methyl sites for hydroxylation is 1. The fraction of sp³-hybridized carbons (Fsp3) is 0.412. The third-order valence-electron chi connectivity index (χ3n) is 4.44. The molecule has 3 nitrogen and oxygen atoms in total. The molecule has 0 aromatic heterocycles. The highest BCUT2D eigenvalue weighted by Crippen LogP contribution is 2.32. The van der Waals surface area contributed by atoms with Crippen molar-refractivity contribution in [1.82, 2.24) is 4.90 Å². The summed E-state index contributed by atoms with van der Waals surface area (Å²) in [6, 6.07) is 2.32. The summed E-state index contributed by atoms with van der Waals surface area (Å²) in [5, 5.41) is 0. The Kier molecular flexibility index (Phi) is 3.40. The van der Waals surface area contributed by atoms with Gasteiger partial charge in [0.25, 0.3) is 5.91 Å². The second-order valence-corrected chi connectivity index (χ2v) is 5.98. The number of amides is 1. The van der Waals surface area contributed by atoms with Crippen LogP contribution in [0.2, 0.25) is 0 Å². The van der Waals surface area contributed by atoms with Gasteiger partial charge in [-0.1, -0.05) is 12.2 Å². The van der Waals surface area contributed by atoms with Crippen molar-refractivity contribution in [3.8, 4) is 0 Å². The maximum Gasteiger partial charge on any atom is 0.255 e. The summed E-state index contributed by atoms with van der Waals surface area (Å²) in [4.78, 5) is 26.5. The number of hydrogen-bond donors (Lipinski definition) is 0. The van der Waals surface area contributed by atoms with E-state index in [0.717, 1.165) is 29.5 Å². The number of hydrogen-bond acceptors (Lipinski definition) is 2. The second-order valence-electron chi connectivity index (χ2n) is 5.98. The fourth-order valence-corrected chi connectivity index (χ4v) is 3.31. The van der Waals surface area contributed by atoms with E-state index in [-0.39, 0.29) is 11.7 Å². The van der Waals surface area contributed by atoms with Crippen LogP contribution in [-0.2, 0) is 11.3 Å². The Morgan fingerprint density at radius 2 is 2.10 bits per heavy atom. The molecule has 0 spiro atoms.